The molecule has 3 aromatic rings. The Hall–Kier alpha value is -3.75. The molecule has 4 rings (SSSR count). The van der Waals surface area contributed by atoms with Gasteiger partial charge in [-0.1, -0.05) is 0 Å². The molecule has 0 saturated heterocycles. The molecule has 1 aliphatic rings. The van der Waals surface area contributed by atoms with E-state index in [0.29, 0.717) is 30.8 Å². The van der Waals surface area contributed by atoms with Crippen molar-refractivity contribution < 1.29 is 14.3 Å². The van der Waals surface area contributed by atoms with Crippen LogP contribution in [0.5, 0.6) is 11.8 Å². The molecule has 3 aromatic heterocycles. The number of hydrogen-bond donors (Lipinski definition) is 1. The summed E-state index contributed by atoms with van der Waals surface area (Å²) in [5, 5.41) is 3.40. The van der Waals surface area contributed by atoms with Crippen LogP contribution >= 0.6 is 0 Å². The van der Waals surface area contributed by atoms with Crippen LogP contribution in [0.15, 0.2) is 36.7 Å². The van der Waals surface area contributed by atoms with Crippen molar-refractivity contribution in [3.63, 3.8) is 0 Å². The van der Waals surface area contributed by atoms with Gasteiger partial charge in [0.25, 0.3) is 0 Å². The number of fused-ring (bicyclic) bond motifs is 1. The van der Waals surface area contributed by atoms with Crippen molar-refractivity contribution >= 4 is 11.7 Å². The number of pyridine rings is 2. The molecule has 0 unspecified atom stereocenters. The molecule has 9 heteroatoms. The number of aryl methyl sites for hydroxylation is 2. The van der Waals surface area contributed by atoms with Crippen molar-refractivity contribution in [2.75, 3.05) is 32.7 Å². The van der Waals surface area contributed by atoms with Crippen LogP contribution in [-0.2, 0) is 11.2 Å². The minimum Gasteiger partial charge on any atom is -0.481 e. The molecule has 1 aliphatic heterocycles. The molecule has 0 aliphatic carbocycles. The Balaban J connectivity index is 1.55. The number of methoxy groups -OCH3 is 2. The van der Waals surface area contributed by atoms with Crippen molar-refractivity contribution in [1.29, 1.82) is 0 Å². The van der Waals surface area contributed by atoms with Gasteiger partial charge in [0, 0.05) is 36.6 Å². The molecule has 9 nitrogen and oxygen atoms in total. The monoisotopic (exact) mass is 462 g/mol. The maximum atomic E-state index is 13.4. The number of hydrogen-bond acceptors (Lipinski definition) is 8. The number of aromatic nitrogens is 4. The molecule has 178 valence electrons. The SMILES string of the molecule is COc1cc([C@H](C)C(=O)N2CCCCc3cc(-c4ncccn4)c(C)nc3NC2)cc(OC)n1. The fourth-order valence-electron chi connectivity index (χ4n) is 4.09. The second kappa shape index (κ2) is 10.5. The number of amides is 1. The summed E-state index contributed by atoms with van der Waals surface area (Å²) in [5.74, 6) is 1.96. The van der Waals surface area contributed by atoms with Gasteiger partial charge in [0.05, 0.1) is 32.5 Å². The zero-order valence-electron chi connectivity index (χ0n) is 20.0. The van der Waals surface area contributed by atoms with Gasteiger partial charge in [0.2, 0.25) is 17.7 Å². The van der Waals surface area contributed by atoms with E-state index in [2.05, 4.69) is 26.3 Å². The minimum absolute atomic E-state index is 0.0253. The van der Waals surface area contributed by atoms with Crippen molar-refractivity contribution in [1.82, 2.24) is 24.8 Å². The highest BCUT2D eigenvalue weighted by Crippen LogP contribution is 2.28. The Morgan fingerprint density at radius 2 is 1.76 bits per heavy atom. The van der Waals surface area contributed by atoms with E-state index in [-0.39, 0.29) is 11.8 Å². The molecule has 0 aromatic carbocycles. The lowest BCUT2D eigenvalue weighted by molar-refractivity contribution is -0.132. The first-order valence-corrected chi connectivity index (χ1v) is 11.4. The van der Waals surface area contributed by atoms with E-state index in [0.717, 1.165) is 47.5 Å². The number of ether oxygens (including phenoxy) is 2. The second-order valence-electron chi connectivity index (χ2n) is 8.30. The number of carbonyl (C=O) groups is 1. The van der Waals surface area contributed by atoms with Crippen LogP contribution in [0.25, 0.3) is 11.4 Å². The smallest absolute Gasteiger partial charge is 0.231 e. The van der Waals surface area contributed by atoms with Crippen LogP contribution < -0.4 is 14.8 Å². The number of nitrogens with one attached hydrogen (secondary N) is 1. The standard InChI is InChI=1S/C25H30N6O3/c1-16(19-13-21(33-3)30-22(14-19)34-4)25(32)31-11-6-5-8-18-12-20(24-26-9-7-10-27-24)17(2)29-23(18)28-15-31/h7,9-10,12-14,16H,5-6,8,11,15H2,1-4H3,(H,28,29)/t16-/m0/s1. The molecule has 0 spiro atoms. The van der Waals surface area contributed by atoms with E-state index in [4.69, 9.17) is 14.5 Å². The number of nitrogens with zero attached hydrogens (tertiary/aromatic N) is 5. The molecule has 0 bridgehead atoms. The first-order valence-electron chi connectivity index (χ1n) is 11.4. The van der Waals surface area contributed by atoms with Crippen LogP contribution in [0.2, 0.25) is 0 Å². The quantitative estimate of drug-likeness (QED) is 0.614. The summed E-state index contributed by atoms with van der Waals surface area (Å²) in [4.78, 5) is 33.1. The van der Waals surface area contributed by atoms with E-state index in [9.17, 15) is 4.79 Å². The maximum absolute atomic E-state index is 13.4. The summed E-state index contributed by atoms with van der Waals surface area (Å²) in [5.41, 5.74) is 3.69. The predicted octanol–water partition coefficient (Wildman–Crippen LogP) is 3.60. The van der Waals surface area contributed by atoms with E-state index >= 15 is 0 Å². The van der Waals surface area contributed by atoms with Crippen LogP contribution in [-0.4, -0.2) is 58.2 Å². The Morgan fingerprint density at radius 1 is 1.06 bits per heavy atom. The molecule has 0 fully saturated rings. The zero-order chi connectivity index (χ0) is 24.1. The molecule has 0 saturated carbocycles. The van der Waals surface area contributed by atoms with Crippen molar-refractivity contribution in [2.24, 2.45) is 0 Å². The highest BCUT2D eigenvalue weighted by atomic mass is 16.5. The second-order valence-corrected chi connectivity index (χ2v) is 8.30. The van der Waals surface area contributed by atoms with Gasteiger partial charge in [0.15, 0.2) is 5.82 Å². The largest absolute Gasteiger partial charge is 0.481 e. The lowest BCUT2D eigenvalue weighted by Gasteiger charge is -2.26. The lowest BCUT2D eigenvalue weighted by Crippen LogP contribution is -2.38. The number of rotatable bonds is 5. The van der Waals surface area contributed by atoms with Crippen LogP contribution in [0, 0.1) is 6.92 Å². The predicted molar refractivity (Wildman–Crippen MR) is 129 cm³/mol. The van der Waals surface area contributed by atoms with Gasteiger partial charge in [-0.2, -0.15) is 4.98 Å². The van der Waals surface area contributed by atoms with Gasteiger partial charge in [-0.15, -0.1) is 0 Å². The molecule has 34 heavy (non-hydrogen) atoms. The highest BCUT2D eigenvalue weighted by Gasteiger charge is 2.25. The Bertz CT molecular complexity index is 1130. The summed E-state index contributed by atoms with van der Waals surface area (Å²) in [6.07, 6.45) is 6.18. The third-order valence-electron chi connectivity index (χ3n) is 6.06. The first-order chi connectivity index (χ1) is 16.5. The molecule has 1 N–H and O–H groups in total. The average Bonchev–Trinajstić information content (AvgIpc) is 2.97. The van der Waals surface area contributed by atoms with Crippen LogP contribution in [0.3, 0.4) is 0 Å². The van der Waals surface area contributed by atoms with Crippen molar-refractivity contribution in [2.45, 2.75) is 39.0 Å². The number of carbonyl (C=O) groups excluding carboxylic acids is 1. The minimum atomic E-state index is -0.375. The fraction of sp³-hybridized carbons (Fsp3) is 0.400. The van der Waals surface area contributed by atoms with Crippen LogP contribution in [0.4, 0.5) is 5.82 Å². The highest BCUT2D eigenvalue weighted by molar-refractivity contribution is 5.83. The normalized spacial score (nSPS) is 14.6. The van der Waals surface area contributed by atoms with Crippen LogP contribution in [0.1, 0.15) is 42.5 Å². The average molecular weight is 463 g/mol. The zero-order valence-corrected chi connectivity index (χ0v) is 20.0. The Kier molecular flexibility index (Phi) is 7.20. The lowest BCUT2D eigenvalue weighted by atomic mass is 10.0. The van der Waals surface area contributed by atoms with Gasteiger partial charge in [-0.25, -0.2) is 15.0 Å². The van der Waals surface area contributed by atoms with E-state index in [1.54, 1.807) is 44.8 Å². The summed E-state index contributed by atoms with van der Waals surface area (Å²) >= 11 is 0. The summed E-state index contributed by atoms with van der Waals surface area (Å²) in [6.45, 7) is 4.89. The molecule has 1 atom stereocenters. The topological polar surface area (TPSA) is 102 Å². The molecular formula is C25H30N6O3. The summed E-state index contributed by atoms with van der Waals surface area (Å²) in [6, 6.07) is 7.48. The van der Waals surface area contributed by atoms with Gasteiger partial charge in [0.1, 0.15) is 5.82 Å². The molecule has 0 radical (unpaired) electrons. The molecule has 1 amide bonds. The van der Waals surface area contributed by atoms with Crippen molar-refractivity contribution in [3.05, 3.63) is 53.5 Å². The van der Waals surface area contributed by atoms with Crippen molar-refractivity contribution in [3.8, 4) is 23.1 Å². The van der Waals surface area contributed by atoms with Gasteiger partial charge >= 0.3 is 0 Å². The third-order valence-corrected chi connectivity index (χ3v) is 6.06. The van der Waals surface area contributed by atoms with Gasteiger partial charge < -0.3 is 19.7 Å². The Labute approximate surface area is 199 Å². The van der Waals surface area contributed by atoms with Gasteiger partial charge in [-0.05, 0) is 56.4 Å². The van der Waals surface area contributed by atoms with Gasteiger partial charge in [-0.3, -0.25) is 4.79 Å². The molecule has 4 heterocycles. The van der Waals surface area contributed by atoms with E-state index in [1.807, 2.05) is 18.7 Å². The van der Waals surface area contributed by atoms with E-state index < -0.39 is 0 Å². The summed E-state index contributed by atoms with van der Waals surface area (Å²) < 4.78 is 10.5. The first kappa shape index (κ1) is 23.4. The fourth-order valence-corrected chi connectivity index (χ4v) is 4.09. The summed E-state index contributed by atoms with van der Waals surface area (Å²) in [7, 11) is 3.09. The molecular weight excluding hydrogens is 432 g/mol. The third kappa shape index (κ3) is 5.08. The number of anilines is 1. The van der Waals surface area contributed by atoms with E-state index in [1.165, 1.54) is 0 Å². The Morgan fingerprint density at radius 3 is 2.44 bits per heavy atom. The maximum Gasteiger partial charge on any atom is 0.231 e.